The maximum absolute atomic E-state index is 7.91. The molecule has 2 rings (SSSR count). The number of nitrogens with one attached hydrogen (secondary N) is 1. The van der Waals surface area contributed by atoms with Crippen LogP contribution in [-0.4, -0.2) is 5.96 Å². The number of hydrogen-bond acceptors (Lipinski definition) is 1. The van der Waals surface area contributed by atoms with Crippen molar-refractivity contribution in [3.05, 3.63) is 56.5 Å². The lowest BCUT2D eigenvalue weighted by Crippen LogP contribution is -2.33. The van der Waals surface area contributed by atoms with Gasteiger partial charge in [0.2, 0.25) is 0 Å². The first kappa shape index (κ1) is 15.1. The SMILES string of the molecule is Cc1cc(Br)ccc1N(C(=N)N)c1ccc(Br)cc1C. The van der Waals surface area contributed by atoms with Gasteiger partial charge < -0.3 is 5.73 Å². The van der Waals surface area contributed by atoms with Crippen LogP contribution >= 0.6 is 31.9 Å². The van der Waals surface area contributed by atoms with Gasteiger partial charge in [0.25, 0.3) is 0 Å². The molecule has 104 valence electrons. The van der Waals surface area contributed by atoms with Crippen molar-refractivity contribution < 1.29 is 0 Å². The number of anilines is 2. The van der Waals surface area contributed by atoms with Gasteiger partial charge in [0.05, 0.1) is 11.4 Å². The summed E-state index contributed by atoms with van der Waals surface area (Å²) in [5.74, 6) is 0.000782. The lowest BCUT2D eigenvalue weighted by Gasteiger charge is -2.26. The summed E-state index contributed by atoms with van der Waals surface area (Å²) < 4.78 is 2.02. The number of guanidine groups is 1. The van der Waals surface area contributed by atoms with E-state index in [0.29, 0.717) is 0 Å². The molecule has 0 saturated carbocycles. The van der Waals surface area contributed by atoms with Crippen LogP contribution in [0.25, 0.3) is 0 Å². The monoisotopic (exact) mass is 395 g/mol. The van der Waals surface area contributed by atoms with Gasteiger partial charge in [0.15, 0.2) is 5.96 Å². The van der Waals surface area contributed by atoms with Crippen molar-refractivity contribution in [2.75, 3.05) is 4.90 Å². The number of halogens is 2. The van der Waals surface area contributed by atoms with E-state index in [1.807, 2.05) is 50.2 Å². The Kier molecular flexibility index (Phi) is 4.50. The summed E-state index contributed by atoms with van der Waals surface area (Å²) in [4.78, 5) is 1.75. The fourth-order valence-corrected chi connectivity index (χ4v) is 3.08. The average molecular weight is 397 g/mol. The minimum atomic E-state index is 0.000782. The Labute approximate surface area is 135 Å². The van der Waals surface area contributed by atoms with Gasteiger partial charge >= 0.3 is 0 Å². The molecule has 0 atom stereocenters. The van der Waals surface area contributed by atoms with Crippen molar-refractivity contribution in [1.29, 1.82) is 5.41 Å². The summed E-state index contributed by atoms with van der Waals surface area (Å²) in [6, 6.07) is 11.8. The summed E-state index contributed by atoms with van der Waals surface area (Å²) in [5, 5.41) is 7.91. The van der Waals surface area contributed by atoms with Crippen LogP contribution in [0.1, 0.15) is 11.1 Å². The van der Waals surface area contributed by atoms with Crippen LogP contribution in [0, 0.1) is 19.3 Å². The Bertz CT molecular complexity index is 617. The second-order valence-electron chi connectivity index (χ2n) is 4.58. The first-order valence-corrected chi connectivity index (χ1v) is 7.65. The van der Waals surface area contributed by atoms with Crippen molar-refractivity contribution >= 4 is 49.2 Å². The van der Waals surface area contributed by atoms with Crippen LogP contribution in [0.15, 0.2) is 45.3 Å². The van der Waals surface area contributed by atoms with E-state index < -0.39 is 0 Å². The highest BCUT2D eigenvalue weighted by molar-refractivity contribution is 9.10. The Morgan fingerprint density at radius 2 is 1.35 bits per heavy atom. The van der Waals surface area contributed by atoms with Crippen LogP contribution in [0.3, 0.4) is 0 Å². The molecule has 0 radical (unpaired) electrons. The second kappa shape index (κ2) is 5.97. The summed E-state index contributed by atoms with van der Waals surface area (Å²) in [5.41, 5.74) is 9.72. The molecule has 3 nitrogen and oxygen atoms in total. The van der Waals surface area contributed by atoms with Crippen LogP contribution in [-0.2, 0) is 0 Å². The molecule has 0 amide bonds. The number of nitrogens with zero attached hydrogens (tertiary/aromatic N) is 1. The molecule has 2 aromatic rings. The fourth-order valence-electron chi connectivity index (χ4n) is 2.13. The number of benzene rings is 2. The largest absolute Gasteiger partial charge is 0.369 e. The number of hydrogen-bond donors (Lipinski definition) is 2. The Morgan fingerprint density at radius 3 is 1.65 bits per heavy atom. The van der Waals surface area contributed by atoms with E-state index in [1.165, 1.54) is 0 Å². The van der Waals surface area contributed by atoms with E-state index in [0.717, 1.165) is 31.4 Å². The van der Waals surface area contributed by atoms with Gasteiger partial charge in [0.1, 0.15) is 0 Å². The summed E-state index contributed by atoms with van der Waals surface area (Å²) >= 11 is 6.91. The summed E-state index contributed by atoms with van der Waals surface area (Å²) in [6.45, 7) is 4.01. The molecular weight excluding hydrogens is 382 g/mol. The zero-order valence-corrected chi connectivity index (χ0v) is 14.4. The Balaban J connectivity index is 2.59. The molecule has 0 aliphatic rings. The third kappa shape index (κ3) is 3.04. The van der Waals surface area contributed by atoms with E-state index in [1.54, 1.807) is 4.90 Å². The lowest BCUT2D eigenvalue weighted by molar-refractivity contribution is 1.21. The highest BCUT2D eigenvalue weighted by Crippen LogP contribution is 2.33. The molecule has 0 saturated heterocycles. The molecule has 0 unspecified atom stereocenters. The summed E-state index contributed by atoms with van der Waals surface area (Å²) in [7, 11) is 0. The van der Waals surface area contributed by atoms with Crippen molar-refractivity contribution in [1.82, 2.24) is 0 Å². The summed E-state index contributed by atoms with van der Waals surface area (Å²) in [6.07, 6.45) is 0. The minimum absolute atomic E-state index is 0.000782. The topological polar surface area (TPSA) is 53.1 Å². The van der Waals surface area contributed by atoms with Crippen LogP contribution in [0.4, 0.5) is 11.4 Å². The van der Waals surface area contributed by atoms with Crippen molar-refractivity contribution in [3.8, 4) is 0 Å². The van der Waals surface area contributed by atoms with E-state index in [9.17, 15) is 0 Å². The van der Waals surface area contributed by atoms with Crippen molar-refractivity contribution in [3.63, 3.8) is 0 Å². The first-order valence-electron chi connectivity index (χ1n) is 6.06. The van der Waals surface area contributed by atoms with E-state index >= 15 is 0 Å². The zero-order chi connectivity index (χ0) is 14.9. The highest BCUT2D eigenvalue weighted by atomic mass is 79.9. The molecule has 5 heteroatoms. The van der Waals surface area contributed by atoms with E-state index in [4.69, 9.17) is 11.1 Å². The fraction of sp³-hybridized carbons (Fsp3) is 0.133. The lowest BCUT2D eigenvalue weighted by atomic mass is 10.1. The van der Waals surface area contributed by atoms with Gasteiger partial charge in [-0.3, -0.25) is 10.3 Å². The zero-order valence-electron chi connectivity index (χ0n) is 11.2. The van der Waals surface area contributed by atoms with Gasteiger partial charge in [-0.2, -0.15) is 0 Å². The number of rotatable bonds is 2. The maximum Gasteiger partial charge on any atom is 0.197 e. The van der Waals surface area contributed by atoms with Crippen molar-refractivity contribution in [2.45, 2.75) is 13.8 Å². The maximum atomic E-state index is 7.91. The molecule has 0 aliphatic heterocycles. The second-order valence-corrected chi connectivity index (χ2v) is 6.41. The minimum Gasteiger partial charge on any atom is -0.369 e. The normalized spacial score (nSPS) is 10.4. The smallest absolute Gasteiger partial charge is 0.197 e. The molecule has 0 heterocycles. The van der Waals surface area contributed by atoms with Gasteiger partial charge in [-0.05, 0) is 61.4 Å². The van der Waals surface area contributed by atoms with Crippen LogP contribution in [0.2, 0.25) is 0 Å². The molecule has 2 aromatic carbocycles. The molecule has 0 bridgehead atoms. The number of nitrogens with two attached hydrogens (primary N) is 1. The molecule has 20 heavy (non-hydrogen) atoms. The van der Waals surface area contributed by atoms with Gasteiger partial charge in [-0.1, -0.05) is 31.9 Å². The molecule has 0 aromatic heterocycles. The standard InChI is InChI=1S/C15H15Br2N3/c1-9-7-11(16)3-5-13(9)20(15(18)19)14-6-4-12(17)8-10(14)2/h3-8H,1-2H3,(H3,18,19). The first-order chi connectivity index (χ1) is 9.40. The third-order valence-corrected chi connectivity index (χ3v) is 4.03. The predicted octanol–water partition coefficient (Wildman–Crippen LogP) is 4.86. The quantitative estimate of drug-likeness (QED) is 0.562. The van der Waals surface area contributed by atoms with E-state index in [-0.39, 0.29) is 5.96 Å². The van der Waals surface area contributed by atoms with E-state index in [2.05, 4.69) is 31.9 Å². The van der Waals surface area contributed by atoms with Gasteiger partial charge in [-0.15, -0.1) is 0 Å². The molecular formula is C15H15Br2N3. The van der Waals surface area contributed by atoms with Gasteiger partial charge in [0, 0.05) is 8.95 Å². The van der Waals surface area contributed by atoms with Crippen molar-refractivity contribution in [2.24, 2.45) is 5.73 Å². The Morgan fingerprint density at radius 1 is 0.950 bits per heavy atom. The molecule has 0 spiro atoms. The molecule has 0 fully saturated rings. The third-order valence-electron chi connectivity index (χ3n) is 3.04. The number of aryl methyl sites for hydroxylation is 2. The molecule has 3 N–H and O–H groups in total. The predicted molar refractivity (Wildman–Crippen MR) is 91.8 cm³/mol. The highest BCUT2D eigenvalue weighted by Gasteiger charge is 2.16. The Hall–Kier alpha value is -1.33. The molecule has 0 aliphatic carbocycles. The van der Waals surface area contributed by atoms with Crippen LogP contribution < -0.4 is 10.6 Å². The average Bonchev–Trinajstić information content (AvgIpc) is 2.34. The van der Waals surface area contributed by atoms with Gasteiger partial charge in [-0.25, -0.2) is 0 Å². The van der Waals surface area contributed by atoms with Crippen LogP contribution in [0.5, 0.6) is 0 Å².